The average molecular weight is 326 g/mol. The van der Waals surface area contributed by atoms with Crippen LogP contribution >= 0.6 is 22.6 Å². The van der Waals surface area contributed by atoms with E-state index in [4.69, 9.17) is 15.3 Å². The number of benzene rings is 1. The van der Waals surface area contributed by atoms with Crippen LogP contribution in [-0.4, -0.2) is 12.6 Å². The average Bonchev–Trinajstić information content (AvgIpc) is 2.28. The Balaban J connectivity index is 3.29. The molecule has 0 heterocycles. The lowest BCUT2D eigenvalue weighted by molar-refractivity contribution is 0.0525. The molecule has 0 unspecified atom stereocenters. The smallest absolute Gasteiger partial charge is 0.339 e. The summed E-state index contributed by atoms with van der Waals surface area (Å²) in [5.41, 5.74) is 0.768. The Morgan fingerprint density at radius 2 is 1.94 bits per heavy atom. The third-order valence-electron chi connectivity index (χ3n) is 1.84. The monoisotopic (exact) mass is 326 g/mol. The van der Waals surface area contributed by atoms with Crippen molar-refractivity contribution in [2.75, 3.05) is 6.61 Å². The SMILES string of the molecule is CCOC(=O)c1cc(C#N)c(C#N)cc1I. The molecule has 0 fully saturated rings. The molecule has 0 aliphatic heterocycles. The molecular weight excluding hydrogens is 319 g/mol. The zero-order valence-corrected chi connectivity index (χ0v) is 10.6. The van der Waals surface area contributed by atoms with Gasteiger partial charge in [-0.2, -0.15) is 10.5 Å². The van der Waals surface area contributed by atoms with Gasteiger partial charge >= 0.3 is 5.97 Å². The van der Waals surface area contributed by atoms with E-state index in [1.165, 1.54) is 12.1 Å². The largest absolute Gasteiger partial charge is 0.462 e. The number of nitriles is 2. The minimum Gasteiger partial charge on any atom is -0.462 e. The van der Waals surface area contributed by atoms with Gasteiger partial charge in [-0.1, -0.05) is 0 Å². The molecule has 1 aromatic carbocycles. The fourth-order valence-electron chi connectivity index (χ4n) is 1.12. The first-order valence-corrected chi connectivity index (χ1v) is 5.52. The van der Waals surface area contributed by atoms with Gasteiger partial charge in [0.2, 0.25) is 0 Å². The second-order valence-corrected chi connectivity index (χ2v) is 3.98. The maximum absolute atomic E-state index is 11.5. The molecule has 1 aromatic rings. The van der Waals surface area contributed by atoms with Gasteiger partial charge in [0.25, 0.3) is 0 Å². The van der Waals surface area contributed by atoms with Gasteiger partial charge in [0.05, 0.1) is 23.3 Å². The number of nitrogens with zero attached hydrogens (tertiary/aromatic N) is 2. The van der Waals surface area contributed by atoms with Crippen LogP contribution in [-0.2, 0) is 4.74 Å². The van der Waals surface area contributed by atoms with Crippen molar-refractivity contribution in [1.29, 1.82) is 10.5 Å². The Morgan fingerprint density at radius 3 is 2.44 bits per heavy atom. The molecule has 0 atom stereocenters. The van der Waals surface area contributed by atoms with Gasteiger partial charge in [-0.05, 0) is 41.6 Å². The number of hydrogen-bond acceptors (Lipinski definition) is 4. The first-order valence-electron chi connectivity index (χ1n) is 4.44. The molecule has 0 aliphatic carbocycles. The van der Waals surface area contributed by atoms with Crippen molar-refractivity contribution in [3.63, 3.8) is 0 Å². The molecule has 0 amide bonds. The van der Waals surface area contributed by atoms with E-state index in [0.717, 1.165) is 0 Å². The van der Waals surface area contributed by atoms with Gasteiger partial charge in [-0.15, -0.1) is 0 Å². The number of esters is 1. The van der Waals surface area contributed by atoms with Gasteiger partial charge in [-0.3, -0.25) is 0 Å². The highest BCUT2D eigenvalue weighted by atomic mass is 127. The van der Waals surface area contributed by atoms with Gasteiger partial charge in [0.15, 0.2) is 0 Å². The number of hydrogen-bond donors (Lipinski definition) is 0. The van der Waals surface area contributed by atoms with E-state index in [-0.39, 0.29) is 17.7 Å². The minimum absolute atomic E-state index is 0.186. The van der Waals surface area contributed by atoms with Crippen LogP contribution in [0.5, 0.6) is 0 Å². The van der Waals surface area contributed by atoms with E-state index in [0.29, 0.717) is 9.13 Å². The van der Waals surface area contributed by atoms with Crippen molar-refractivity contribution < 1.29 is 9.53 Å². The number of ether oxygens (including phenoxy) is 1. The highest BCUT2D eigenvalue weighted by Crippen LogP contribution is 2.19. The highest BCUT2D eigenvalue weighted by Gasteiger charge is 2.14. The molecule has 0 radical (unpaired) electrons. The van der Waals surface area contributed by atoms with E-state index in [9.17, 15) is 4.79 Å². The summed E-state index contributed by atoms with van der Waals surface area (Å²) in [4.78, 5) is 11.5. The molecule has 16 heavy (non-hydrogen) atoms. The van der Waals surface area contributed by atoms with Crippen molar-refractivity contribution in [3.05, 3.63) is 32.4 Å². The van der Waals surface area contributed by atoms with Gasteiger partial charge < -0.3 is 4.74 Å². The maximum atomic E-state index is 11.5. The molecule has 0 spiro atoms. The van der Waals surface area contributed by atoms with E-state index in [1.807, 2.05) is 34.7 Å². The summed E-state index contributed by atoms with van der Waals surface area (Å²) < 4.78 is 5.45. The summed E-state index contributed by atoms with van der Waals surface area (Å²) in [5.74, 6) is -0.479. The lowest BCUT2D eigenvalue weighted by Crippen LogP contribution is -2.07. The summed E-state index contributed by atoms with van der Waals surface area (Å²) in [7, 11) is 0. The van der Waals surface area contributed by atoms with Gasteiger partial charge in [0.1, 0.15) is 12.1 Å². The molecule has 80 valence electrons. The second-order valence-electron chi connectivity index (χ2n) is 2.82. The van der Waals surface area contributed by atoms with Crippen molar-refractivity contribution in [2.45, 2.75) is 6.92 Å². The maximum Gasteiger partial charge on any atom is 0.339 e. The van der Waals surface area contributed by atoms with Crippen LogP contribution in [0, 0.1) is 26.2 Å². The van der Waals surface area contributed by atoms with Crippen molar-refractivity contribution in [3.8, 4) is 12.1 Å². The van der Waals surface area contributed by atoms with Crippen LogP contribution < -0.4 is 0 Å². The standard InChI is InChI=1S/C11H7IN2O2/c1-2-16-11(15)9-3-7(5-13)8(6-14)4-10(9)12/h3-4H,2H2,1H3. The predicted molar refractivity (Wildman–Crippen MR) is 64.5 cm³/mol. The summed E-state index contributed by atoms with van der Waals surface area (Å²) >= 11 is 1.94. The Kier molecular flexibility index (Phi) is 4.27. The van der Waals surface area contributed by atoms with E-state index in [2.05, 4.69) is 0 Å². The summed E-state index contributed by atoms with van der Waals surface area (Å²) in [6.45, 7) is 1.98. The molecule has 4 nitrogen and oxygen atoms in total. The third kappa shape index (κ3) is 2.50. The van der Waals surface area contributed by atoms with Crippen LogP contribution in [0.1, 0.15) is 28.4 Å². The van der Waals surface area contributed by atoms with E-state index in [1.54, 1.807) is 6.92 Å². The fourth-order valence-corrected chi connectivity index (χ4v) is 1.81. The zero-order valence-electron chi connectivity index (χ0n) is 8.45. The normalized spacial score (nSPS) is 9.00. The first-order chi connectivity index (χ1) is 7.63. The molecule has 5 heteroatoms. The van der Waals surface area contributed by atoms with E-state index >= 15 is 0 Å². The minimum atomic E-state index is -0.479. The lowest BCUT2D eigenvalue weighted by Gasteiger charge is -2.05. The molecule has 0 aliphatic rings. The van der Waals surface area contributed by atoms with Crippen LogP contribution in [0.4, 0.5) is 0 Å². The fraction of sp³-hybridized carbons (Fsp3) is 0.182. The highest BCUT2D eigenvalue weighted by molar-refractivity contribution is 14.1. The summed E-state index contributed by atoms with van der Waals surface area (Å²) in [5, 5.41) is 17.6. The van der Waals surface area contributed by atoms with Crippen LogP contribution in [0.15, 0.2) is 12.1 Å². The number of rotatable bonds is 2. The van der Waals surface area contributed by atoms with Gasteiger partial charge in [-0.25, -0.2) is 4.79 Å². The number of halogens is 1. The number of carbonyl (C=O) groups is 1. The summed E-state index contributed by atoms with van der Waals surface area (Å²) in [6.07, 6.45) is 0. The third-order valence-corrected chi connectivity index (χ3v) is 2.74. The molecule has 0 saturated carbocycles. The Hall–Kier alpha value is -1.60. The van der Waals surface area contributed by atoms with Crippen LogP contribution in [0.25, 0.3) is 0 Å². The van der Waals surface area contributed by atoms with Crippen molar-refractivity contribution in [1.82, 2.24) is 0 Å². The lowest BCUT2D eigenvalue weighted by atomic mass is 10.1. The number of carbonyl (C=O) groups excluding carboxylic acids is 1. The Bertz CT molecular complexity index is 512. The molecular formula is C11H7IN2O2. The summed E-state index contributed by atoms with van der Waals surface area (Å²) in [6, 6.07) is 6.68. The van der Waals surface area contributed by atoms with Crippen molar-refractivity contribution in [2.24, 2.45) is 0 Å². The molecule has 0 bridgehead atoms. The topological polar surface area (TPSA) is 73.9 Å². The van der Waals surface area contributed by atoms with Crippen LogP contribution in [0.2, 0.25) is 0 Å². The first kappa shape index (κ1) is 12.5. The molecule has 0 aromatic heterocycles. The Morgan fingerprint density at radius 1 is 1.38 bits per heavy atom. The van der Waals surface area contributed by atoms with Gasteiger partial charge in [0, 0.05) is 3.57 Å². The zero-order chi connectivity index (χ0) is 12.1. The molecule has 0 N–H and O–H groups in total. The molecule has 1 rings (SSSR count). The van der Waals surface area contributed by atoms with Crippen molar-refractivity contribution >= 4 is 28.6 Å². The predicted octanol–water partition coefficient (Wildman–Crippen LogP) is 2.21. The molecule has 0 saturated heterocycles. The Labute approximate surface area is 107 Å². The van der Waals surface area contributed by atoms with Crippen LogP contribution in [0.3, 0.4) is 0 Å². The van der Waals surface area contributed by atoms with E-state index < -0.39 is 5.97 Å². The quantitative estimate of drug-likeness (QED) is 0.617. The second kappa shape index (κ2) is 5.47.